The highest BCUT2D eigenvalue weighted by molar-refractivity contribution is 5.72. The topological polar surface area (TPSA) is 52.6 Å². The summed E-state index contributed by atoms with van der Waals surface area (Å²) < 4.78 is 10.5. The monoisotopic (exact) mass is 342 g/mol. The van der Waals surface area contributed by atoms with E-state index in [1.807, 2.05) is 6.92 Å². The molecule has 0 aromatic heterocycles. The predicted molar refractivity (Wildman–Crippen MR) is 97.8 cm³/mol. The van der Waals surface area contributed by atoms with Gasteiger partial charge in [0, 0.05) is 12.8 Å². The van der Waals surface area contributed by atoms with Crippen LogP contribution in [0.1, 0.15) is 98.3 Å². The van der Waals surface area contributed by atoms with Crippen LogP contribution in [0.15, 0.2) is 0 Å². The van der Waals surface area contributed by atoms with Crippen LogP contribution in [0, 0.1) is 5.92 Å². The van der Waals surface area contributed by atoms with Gasteiger partial charge in [-0.25, -0.2) is 0 Å². The van der Waals surface area contributed by atoms with Crippen molar-refractivity contribution in [1.29, 1.82) is 0 Å². The number of unbranched alkanes of at least 4 members (excludes halogenated alkanes) is 5. The summed E-state index contributed by atoms with van der Waals surface area (Å²) in [6.07, 6.45) is 10.3. The summed E-state index contributed by atoms with van der Waals surface area (Å²) >= 11 is 0. The first kappa shape index (κ1) is 22.9. The smallest absolute Gasteiger partial charge is 0.306 e. The zero-order chi connectivity index (χ0) is 18.2. The van der Waals surface area contributed by atoms with E-state index < -0.39 is 0 Å². The number of carbonyl (C=O) groups is 2. The van der Waals surface area contributed by atoms with Crippen molar-refractivity contribution >= 4 is 11.9 Å². The zero-order valence-electron chi connectivity index (χ0n) is 16.3. The summed E-state index contributed by atoms with van der Waals surface area (Å²) in [6, 6.07) is 0. The molecule has 1 atom stereocenters. The molecule has 4 heteroatoms. The molecule has 0 radical (unpaired) electrons. The second-order valence-electron chi connectivity index (χ2n) is 7.11. The third-order valence-electron chi connectivity index (χ3n) is 4.02. The number of esters is 2. The lowest BCUT2D eigenvalue weighted by Gasteiger charge is -2.13. The molecule has 0 rings (SSSR count). The first-order valence-corrected chi connectivity index (χ1v) is 9.80. The van der Waals surface area contributed by atoms with Crippen LogP contribution in [0.3, 0.4) is 0 Å². The van der Waals surface area contributed by atoms with E-state index in [-0.39, 0.29) is 18.0 Å². The fourth-order valence-electron chi connectivity index (χ4n) is 2.41. The van der Waals surface area contributed by atoms with Crippen LogP contribution in [0.4, 0.5) is 0 Å². The zero-order valence-corrected chi connectivity index (χ0v) is 16.3. The number of hydrogen-bond donors (Lipinski definition) is 0. The average Bonchev–Trinajstić information content (AvgIpc) is 2.50. The van der Waals surface area contributed by atoms with Crippen molar-refractivity contribution < 1.29 is 19.1 Å². The minimum absolute atomic E-state index is 0.0262. The van der Waals surface area contributed by atoms with E-state index in [2.05, 4.69) is 20.8 Å². The average molecular weight is 343 g/mol. The van der Waals surface area contributed by atoms with Gasteiger partial charge in [0.15, 0.2) is 0 Å². The van der Waals surface area contributed by atoms with Gasteiger partial charge in [-0.1, -0.05) is 52.9 Å². The molecule has 0 aliphatic carbocycles. The molecule has 24 heavy (non-hydrogen) atoms. The van der Waals surface area contributed by atoms with E-state index in [4.69, 9.17) is 9.47 Å². The number of rotatable bonds is 15. The Morgan fingerprint density at radius 3 is 2.08 bits per heavy atom. The van der Waals surface area contributed by atoms with Crippen molar-refractivity contribution in [1.82, 2.24) is 0 Å². The summed E-state index contributed by atoms with van der Waals surface area (Å²) in [7, 11) is 0. The van der Waals surface area contributed by atoms with Crippen LogP contribution in [-0.4, -0.2) is 24.6 Å². The quantitative estimate of drug-likeness (QED) is 0.294. The minimum atomic E-state index is -0.219. The molecule has 0 spiro atoms. The maximum atomic E-state index is 11.7. The number of carbonyl (C=O) groups excluding carboxylic acids is 2. The number of ether oxygens (including phenoxy) is 2. The molecule has 0 aromatic carbocycles. The molecule has 0 saturated heterocycles. The van der Waals surface area contributed by atoms with Gasteiger partial charge in [-0.15, -0.1) is 0 Å². The van der Waals surface area contributed by atoms with Gasteiger partial charge in [-0.3, -0.25) is 9.59 Å². The molecular formula is C20H38O4. The molecule has 0 aliphatic rings. The van der Waals surface area contributed by atoms with Crippen LogP contribution in [-0.2, 0) is 19.1 Å². The SMILES string of the molecule is CCCCCCCCC(C)OC(=O)CCCC(=O)OCCC(C)C. The highest BCUT2D eigenvalue weighted by Crippen LogP contribution is 2.11. The van der Waals surface area contributed by atoms with Gasteiger partial charge in [0.2, 0.25) is 0 Å². The Morgan fingerprint density at radius 1 is 0.792 bits per heavy atom. The molecule has 0 fully saturated rings. The van der Waals surface area contributed by atoms with Crippen molar-refractivity contribution in [2.45, 2.75) is 104 Å². The van der Waals surface area contributed by atoms with Gasteiger partial charge in [0.1, 0.15) is 0 Å². The number of hydrogen-bond acceptors (Lipinski definition) is 4. The van der Waals surface area contributed by atoms with E-state index in [9.17, 15) is 9.59 Å². The lowest BCUT2D eigenvalue weighted by molar-refractivity contribution is -0.149. The fraction of sp³-hybridized carbons (Fsp3) is 0.900. The second-order valence-corrected chi connectivity index (χ2v) is 7.11. The van der Waals surface area contributed by atoms with Gasteiger partial charge < -0.3 is 9.47 Å². The summed E-state index contributed by atoms with van der Waals surface area (Å²) in [5.41, 5.74) is 0. The molecule has 0 amide bonds. The maximum Gasteiger partial charge on any atom is 0.306 e. The molecule has 142 valence electrons. The van der Waals surface area contributed by atoms with Gasteiger partial charge in [0.05, 0.1) is 12.7 Å². The van der Waals surface area contributed by atoms with Crippen molar-refractivity contribution in [3.8, 4) is 0 Å². The first-order chi connectivity index (χ1) is 11.5. The van der Waals surface area contributed by atoms with Crippen molar-refractivity contribution in [2.75, 3.05) is 6.61 Å². The highest BCUT2D eigenvalue weighted by Gasteiger charge is 2.11. The van der Waals surface area contributed by atoms with E-state index in [0.717, 1.165) is 19.3 Å². The highest BCUT2D eigenvalue weighted by atomic mass is 16.5. The van der Waals surface area contributed by atoms with Crippen molar-refractivity contribution in [3.63, 3.8) is 0 Å². The third-order valence-corrected chi connectivity index (χ3v) is 4.02. The van der Waals surface area contributed by atoms with Crippen LogP contribution < -0.4 is 0 Å². The molecule has 4 nitrogen and oxygen atoms in total. The first-order valence-electron chi connectivity index (χ1n) is 9.80. The van der Waals surface area contributed by atoms with Gasteiger partial charge in [0.25, 0.3) is 0 Å². The molecule has 0 N–H and O–H groups in total. The normalized spacial score (nSPS) is 12.2. The van der Waals surface area contributed by atoms with E-state index in [1.165, 1.54) is 32.1 Å². The lowest BCUT2D eigenvalue weighted by Crippen LogP contribution is -2.15. The Hall–Kier alpha value is -1.06. The summed E-state index contributed by atoms with van der Waals surface area (Å²) in [5, 5.41) is 0. The van der Waals surface area contributed by atoms with Gasteiger partial charge in [-0.2, -0.15) is 0 Å². The molecule has 0 bridgehead atoms. The Morgan fingerprint density at radius 2 is 1.42 bits per heavy atom. The van der Waals surface area contributed by atoms with Crippen LogP contribution in [0.2, 0.25) is 0 Å². The molecule has 0 heterocycles. The Bertz CT molecular complexity index is 326. The van der Waals surface area contributed by atoms with Crippen LogP contribution in [0.5, 0.6) is 0 Å². The van der Waals surface area contributed by atoms with Crippen molar-refractivity contribution in [3.05, 3.63) is 0 Å². The van der Waals surface area contributed by atoms with E-state index in [1.54, 1.807) is 0 Å². The summed E-state index contributed by atoms with van der Waals surface area (Å²) in [6.45, 7) is 8.82. The van der Waals surface area contributed by atoms with E-state index >= 15 is 0 Å². The Kier molecular flexibility index (Phi) is 14.8. The molecule has 0 aromatic rings. The van der Waals surface area contributed by atoms with Gasteiger partial charge >= 0.3 is 11.9 Å². The largest absolute Gasteiger partial charge is 0.466 e. The van der Waals surface area contributed by atoms with Gasteiger partial charge in [-0.05, 0) is 38.5 Å². The van der Waals surface area contributed by atoms with Crippen LogP contribution >= 0.6 is 0 Å². The molecular weight excluding hydrogens is 304 g/mol. The minimum Gasteiger partial charge on any atom is -0.466 e. The summed E-state index contributed by atoms with van der Waals surface area (Å²) in [4.78, 5) is 23.2. The predicted octanol–water partition coefficient (Wildman–Crippen LogP) is 5.43. The maximum absolute atomic E-state index is 11.7. The fourth-order valence-corrected chi connectivity index (χ4v) is 2.41. The molecule has 0 aliphatic heterocycles. The van der Waals surface area contributed by atoms with Crippen molar-refractivity contribution in [2.24, 2.45) is 5.92 Å². The second kappa shape index (κ2) is 15.5. The summed E-state index contributed by atoms with van der Waals surface area (Å²) in [5.74, 6) is 0.105. The lowest BCUT2D eigenvalue weighted by atomic mass is 10.1. The molecule has 0 saturated carbocycles. The molecule has 1 unspecified atom stereocenters. The van der Waals surface area contributed by atoms with E-state index in [0.29, 0.717) is 31.8 Å². The standard InChI is InChI=1S/C20H38O4/c1-5-6-7-8-9-10-12-18(4)24-20(22)14-11-13-19(21)23-16-15-17(2)3/h17-18H,5-16H2,1-4H3. The van der Waals surface area contributed by atoms with Crippen LogP contribution in [0.25, 0.3) is 0 Å². The Balaban J connectivity index is 3.55. The third kappa shape index (κ3) is 15.8. The Labute approximate surface area is 148 Å².